The minimum absolute atomic E-state index is 0.0462. The Morgan fingerprint density at radius 3 is 2.60 bits per heavy atom. The minimum atomic E-state index is -0.515. The lowest BCUT2D eigenvalue weighted by Gasteiger charge is -2.05. The van der Waals surface area contributed by atoms with Gasteiger partial charge in [-0.3, -0.25) is 4.98 Å². The van der Waals surface area contributed by atoms with Crippen LogP contribution in [0.3, 0.4) is 0 Å². The molecule has 2 aromatic heterocycles. The van der Waals surface area contributed by atoms with Crippen molar-refractivity contribution >= 4 is 0 Å². The second-order valence-corrected chi connectivity index (χ2v) is 8.60. The van der Waals surface area contributed by atoms with Gasteiger partial charge in [0.15, 0.2) is 0 Å². The van der Waals surface area contributed by atoms with Crippen LogP contribution in [0, 0.1) is 0 Å². The van der Waals surface area contributed by atoms with Crippen LogP contribution in [0.4, 0.5) is 0 Å². The average molecular weight is 410 g/mol. The van der Waals surface area contributed by atoms with Gasteiger partial charge in [0.1, 0.15) is 11.5 Å². The number of nitrogens with zero attached hydrogens (tertiary/aromatic N) is 1. The Hall–Kier alpha value is -2.66. The Bertz CT molecular complexity index is 986. The highest BCUT2D eigenvalue weighted by Gasteiger charge is 2.46. The van der Waals surface area contributed by atoms with E-state index in [0.29, 0.717) is 23.8 Å². The van der Waals surface area contributed by atoms with Gasteiger partial charge in [-0.1, -0.05) is 23.3 Å². The van der Waals surface area contributed by atoms with Gasteiger partial charge in [0.05, 0.1) is 17.3 Å². The SMILES string of the molecule is CC(=CCc1c(O)cc(-c2cccnc2)oc1=O)CCC=C(C)CCC1OC1(C)C. The molecular weight excluding hydrogens is 378 g/mol. The van der Waals surface area contributed by atoms with Crippen LogP contribution >= 0.6 is 0 Å². The predicted molar refractivity (Wildman–Crippen MR) is 119 cm³/mol. The van der Waals surface area contributed by atoms with Crippen molar-refractivity contribution in [2.45, 2.75) is 71.5 Å². The van der Waals surface area contributed by atoms with Crippen molar-refractivity contribution in [2.75, 3.05) is 0 Å². The molecule has 3 rings (SSSR count). The molecule has 1 unspecified atom stereocenters. The fraction of sp³-hybridized carbons (Fsp3) is 0.440. The molecule has 5 heteroatoms. The Morgan fingerprint density at radius 1 is 1.23 bits per heavy atom. The third kappa shape index (κ3) is 5.92. The molecule has 0 saturated carbocycles. The van der Waals surface area contributed by atoms with Crippen LogP contribution in [0.5, 0.6) is 5.75 Å². The molecular formula is C25H31NO4. The standard InChI is InChI=1S/C25H31NO4/c1-17(7-5-8-18(2)11-13-23-25(3,4)30-23)10-12-20-21(27)15-22(29-24(20)28)19-9-6-14-26-16-19/h6,8-10,14-16,23,27H,5,7,11-13H2,1-4H3. The summed E-state index contributed by atoms with van der Waals surface area (Å²) in [6.45, 7) is 8.49. The van der Waals surface area contributed by atoms with E-state index in [-0.39, 0.29) is 16.9 Å². The number of rotatable bonds is 9. The summed E-state index contributed by atoms with van der Waals surface area (Å²) in [5, 5.41) is 10.3. The summed E-state index contributed by atoms with van der Waals surface area (Å²) in [6, 6.07) is 5.01. The maximum atomic E-state index is 12.3. The van der Waals surface area contributed by atoms with E-state index in [2.05, 4.69) is 31.8 Å². The number of allylic oxidation sites excluding steroid dienone is 4. The fourth-order valence-electron chi connectivity index (χ4n) is 3.47. The van der Waals surface area contributed by atoms with Gasteiger partial charge in [0, 0.05) is 30.4 Å². The van der Waals surface area contributed by atoms with Crippen LogP contribution < -0.4 is 5.63 Å². The lowest BCUT2D eigenvalue weighted by atomic mass is 10.0. The molecule has 0 radical (unpaired) electrons. The van der Waals surface area contributed by atoms with Crippen LogP contribution in [0.15, 0.2) is 63.1 Å². The van der Waals surface area contributed by atoms with Gasteiger partial charge < -0.3 is 14.3 Å². The third-order valence-corrected chi connectivity index (χ3v) is 5.62. The molecule has 3 heterocycles. The highest BCUT2D eigenvalue weighted by molar-refractivity contribution is 5.57. The molecule has 1 aliphatic rings. The van der Waals surface area contributed by atoms with E-state index in [1.165, 1.54) is 17.2 Å². The summed E-state index contributed by atoms with van der Waals surface area (Å²) in [4.78, 5) is 16.3. The van der Waals surface area contributed by atoms with Crippen molar-refractivity contribution in [3.63, 3.8) is 0 Å². The molecule has 0 amide bonds. The van der Waals surface area contributed by atoms with Gasteiger partial charge in [-0.15, -0.1) is 0 Å². The van der Waals surface area contributed by atoms with Crippen molar-refractivity contribution in [3.8, 4) is 17.1 Å². The van der Waals surface area contributed by atoms with Crippen LogP contribution in [-0.2, 0) is 11.2 Å². The molecule has 0 spiro atoms. The van der Waals surface area contributed by atoms with Gasteiger partial charge in [-0.25, -0.2) is 4.79 Å². The lowest BCUT2D eigenvalue weighted by Crippen LogP contribution is -2.07. The smallest absolute Gasteiger partial charge is 0.343 e. The maximum absolute atomic E-state index is 12.3. The molecule has 1 atom stereocenters. The predicted octanol–water partition coefficient (Wildman–Crippen LogP) is 5.58. The molecule has 160 valence electrons. The number of hydrogen-bond acceptors (Lipinski definition) is 5. The van der Waals surface area contributed by atoms with Crippen LogP contribution in [0.25, 0.3) is 11.3 Å². The molecule has 1 saturated heterocycles. The minimum Gasteiger partial charge on any atom is -0.507 e. The molecule has 5 nitrogen and oxygen atoms in total. The summed E-state index contributed by atoms with van der Waals surface area (Å²) in [7, 11) is 0. The second kappa shape index (κ2) is 9.43. The molecule has 0 bridgehead atoms. The molecule has 1 aliphatic heterocycles. The first kappa shape index (κ1) is 22.0. The van der Waals surface area contributed by atoms with E-state index >= 15 is 0 Å². The van der Waals surface area contributed by atoms with E-state index in [1.807, 2.05) is 13.0 Å². The zero-order chi connectivity index (χ0) is 21.7. The number of aromatic hydroxyl groups is 1. The van der Waals surface area contributed by atoms with Crippen LogP contribution in [-0.4, -0.2) is 21.8 Å². The first-order valence-corrected chi connectivity index (χ1v) is 10.5. The molecule has 2 aromatic rings. The number of epoxide rings is 1. The van der Waals surface area contributed by atoms with E-state index in [1.54, 1.807) is 24.5 Å². The molecule has 0 aromatic carbocycles. The largest absolute Gasteiger partial charge is 0.507 e. The Kier molecular flexibility index (Phi) is 6.93. The van der Waals surface area contributed by atoms with Crippen molar-refractivity contribution in [1.82, 2.24) is 4.98 Å². The quantitative estimate of drug-likeness (QED) is 0.432. The number of hydrogen-bond donors (Lipinski definition) is 1. The van der Waals surface area contributed by atoms with Gasteiger partial charge in [0.2, 0.25) is 0 Å². The number of pyridine rings is 1. The van der Waals surface area contributed by atoms with Crippen molar-refractivity contribution in [2.24, 2.45) is 0 Å². The van der Waals surface area contributed by atoms with E-state index < -0.39 is 5.63 Å². The molecule has 1 N–H and O–H groups in total. The monoisotopic (exact) mass is 409 g/mol. The van der Waals surface area contributed by atoms with Crippen molar-refractivity contribution in [1.29, 1.82) is 0 Å². The maximum Gasteiger partial charge on any atom is 0.343 e. The first-order valence-electron chi connectivity index (χ1n) is 10.5. The molecule has 0 aliphatic carbocycles. The van der Waals surface area contributed by atoms with Crippen LogP contribution in [0.2, 0.25) is 0 Å². The normalized spacial score (nSPS) is 18.5. The van der Waals surface area contributed by atoms with Crippen molar-refractivity contribution in [3.05, 3.63) is 69.9 Å². The lowest BCUT2D eigenvalue weighted by molar-refractivity contribution is 0.320. The first-order chi connectivity index (χ1) is 14.3. The summed E-state index contributed by atoms with van der Waals surface area (Å²) < 4.78 is 11.0. The van der Waals surface area contributed by atoms with E-state index in [4.69, 9.17) is 9.15 Å². The molecule has 30 heavy (non-hydrogen) atoms. The summed E-state index contributed by atoms with van der Waals surface area (Å²) in [6.07, 6.45) is 12.3. The summed E-state index contributed by atoms with van der Waals surface area (Å²) >= 11 is 0. The topological polar surface area (TPSA) is 75.9 Å². The van der Waals surface area contributed by atoms with Gasteiger partial charge >= 0.3 is 5.63 Å². The van der Waals surface area contributed by atoms with Gasteiger partial charge in [-0.05, 0) is 65.5 Å². The zero-order valence-corrected chi connectivity index (χ0v) is 18.3. The number of ether oxygens (including phenoxy) is 1. The van der Waals surface area contributed by atoms with E-state index in [0.717, 1.165) is 25.7 Å². The van der Waals surface area contributed by atoms with Crippen molar-refractivity contribution < 1.29 is 14.3 Å². The highest BCUT2D eigenvalue weighted by Crippen LogP contribution is 2.39. The fourth-order valence-corrected chi connectivity index (χ4v) is 3.47. The Morgan fingerprint density at radius 2 is 1.97 bits per heavy atom. The summed E-state index contributed by atoms with van der Waals surface area (Å²) in [5.74, 6) is 0.269. The highest BCUT2D eigenvalue weighted by atomic mass is 16.6. The average Bonchev–Trinajstić information content (AvgIpc) is 3.32. The van der Waals surface area contributed by atoms with E-state index in [9.17, 15) is 9.90 Å². The van der Waals surface area contributed by atoms with Crippen LogP contribution in [0.1, 0.15) is 58.9 Å². The van der Waals surface area contributed by atoms with Gasteiger partial charge in [-0.2, -0.15) is 0 Å². The Balaban J connectivity index is 1.52. The van der Waals surface area contributed by atoms with Gasteiger partial charge in [0.25, 0.3) is 0 Å². The summed E-state index contributed by atoms with van der Waals surface area (Å²) in [5.41, 5.74) is 3.05. The Labute approximate surface area is 178 Å². The number of aromatic nitrogens is 1. The zero-order valence-electron chi connectivity index (χ0n) is 18.3. The third-order valence-electron chi connectivity index (χ3n) is 5.62. The second-order valence-electron chi connectivity index (χ2n) is 8.60. The molecule has 1 fully saturated rings.